The summed E-state index contributed by atoms with van der Waals surface area (Å²) in [6.07, 6.45) is 4.00. The fraction of sp³-hybridized carbons (Fsp3) is 1.00. The lowest BCUT2D eigenvalue weighted by Gasteiger charge is -2.37. The third-order valence-electron chi connectivity index (χ3n) is 3.54. The Morgan fingerprint density at radius 2 is 2.07 bits per heavy atom. The lowest BCUT2D eigenvalue weighted by Crippen LogP contribution is -2.43. The van der Waals surface area contributed by atoms with Crippen LogP contribution in [-0.2, 0) is 0 Å². The van der Waals surface area contributed by atoms with Gasteiger partial charge < -0.3 is 10.4 Å². The fourth-order valence-electron chi connectivity index (χ4n) is 2.69. The van der Waals surface area contributed by atoms with Gasteiger partial charge in [-0.3, -0.25) is 0 Å². The zero-order valence-electron chi connectivity index (χ0n) is 9.79. The SMILES string of the molecule is CC(C)[C@@H]1CC[C@H](C)C[C@H]1NCCO. The first-order valence-corrected chi connectivity index (χ1v) is 5.99. The topological polar surface area (TPSA) is 32.3 Å². The van der Waals surface area contributed by atoms with Gasteiger partial charge >= 0.3 is 0 Å². The van der Waals surface area contributed by atoms with Crippen LogP contribution >= 0.6 is 0 Å². The third kappa shape index (κ3) is 3.25. The van der Waals surface area contributed by atoms with Crippen molar-refractivity contribution in [1.82, 2.24) is 5.32 Å². The molecule has 0 aliphatic heterocycles. The van der Waals surface area contributed by atoms with Crippen LogP contribution in [-0.4, -0.2) is 24.3 Å². The van der Waals surface area contributed by atoms with E-state index in [1.807, 2.05) is 0 Å². The molecule has 1 saturated carbocycles. The van der Waals surface area contributed by atoms with Gasteiger partial charge in [0.1, 0.15) is 0 Å². The molecule has 1 aliphatic carbocycles. The highest BCUT2D eigenvalue weighted by Crippen LogP contribution is 2.33. The summed E-state index contributed by atoms with van der Waals surface area (Å²) < 4.78 is 0. The maximum atomic E-state index is 8.83. The van der Waals surface area contributed by atoms with Crippen molar-refractivity contribution in [3.05, 3.63) is 0 Å². The largest absolute Gasteiger partial charge is 0.395 e. The van der Waals surface area contributed by atoms with E-state index in [-0.39, 0.29) is 6.61 Å². The van der Waals surface area contributed by atoms with E-state index >= 15 is 0 Å². The van der Waals surface area contributed by atoms with E-state index in [0.717, 1.165) is 24.3 Å². The molecule has 0 heterocycles. The summed E-state index contributed by atoms with van der Waals surface area (Å²) in [5.41, 5.74) is 0. The smallest absolute Gasteiger partial charge is 0.0556 e. The molecular weight excluding hydrogens is 174 g/mol. The highest BCUT2D eigenvalue weighted by Gasteiger charge is 2.29. The van der Waals surface area contributed by atoms with Crippen molar-refractivity contribution >= 4 is 0 Å². The average molecular weight is 199 g/mol. The molecule has 14 heavy (non-hydrogen) atoms. The minimum absolute atomic E-state index is 0.260. The number of aliphatic hydroxyl groups excluding tert-OH is 1. The van der Waals surface area contributed by atoms with Gasteiger partial charge in [0.2, 0.25) is 0 Å². The second-order valence-electron chi connectivity index (χ2n) is 5.11. The summed E-state index contributed by atoms with van der Waals surface area (Å²) in [7, 11) is 0. The summed E-state index contributed by atoms with van der Waals surface area (Å²) in [6.45, 7) is 7.98. The maximum absolute atomic E-state index is 8.83. The van der Waals surface area contributed by atoms with Gasteiger partial charge in [0.05, 0.1) is 6.61 Å². The van der Waals surface area contributed by atoms with Crippen molar-refractivity contribution in [2.75, 3.05) is 13.2 Å². The molecule has 0 amide bonds. The van der Waals surface area contributed by atoms with Crippen molar-refractivity contribution in [1.29, 1.82) is 0 Å². The summed E-state index contributed by atoms with van der Waals surface area (Å²) in [4.78, 5) is 0. The fourth-order valence-corrected chi connectivity index (χ4v) is 2.69. The molecular formula is C12H25NO. The quantitative estimate of drug-likeness (QED) is 0.726. The highest BCUT2D eigenvalue weighted by atomic mass is 16.3. The highest BCUT2D eigenvalue weighted by molar-refractivity contribution is 4.85. The number of rotatable bonds is 4. The second kappa shape index (κ2) is 5.72. The van der Waals surface area contributed by atoms with Gasteiger partial charge in [-0.2, -0.15) is 0 Å². The molecule has 0 bridgehead atoms. The van der Waals surface area contributed by atoms with E-state index < -0.39 is 0 Å². The minimum Gasteiger partial charge on any atom is -0.395 e. The van der Waals surface area contributed by atoms with E-state index in [9.17, 15) is 0 Å². The monoisotopic (exact) mass is 199 g/mol. The van der Waals surface area contributed by atoms with Crippen LogP contribution in [0.3, 0.4) is 0 Å². The van der Waals surface area contributed by atoms with Crippen molar-refractivity contribution in [2.45, 2.75) is 46.1 Å². The standard InChI is InChI=1S/C12H25NO/c1-9(2)11-5-4-10(3)8-12(11)13-6-7-14/h9-14H,4-8H2,1-3H3/t10-,11-,12+/m0/s1. The van der Waals surface area contributed by atoms with E-state index in [1.54, 1.807) is 0 Å². The molecule has 2 heteroatoms. The van der Waals surface area contributed by atoms with Gasteiger partial charge in [-0.1, -0.05) is 27.2 Å². The Hall–Kier alpha value is -0.0800. The lowest BCUT2D eigenvalue weighted by atomic mass is 9.74. The molecule has 2 nitrogen and oxygen atoms in total. The number of hydrogen-bond donors (Lipinski definition) is 2. The minimum atomic E-state index is 0.260. The van der Waals surface area contributed by atoms with E-state index in [4.69, 9.17) is 5.11 Å². The molecule has 3 atom stereocenters. The van der Waals surface area contributed by atoms with E-state index in [0.29, 0.717) is 6.04 Å². The Labute approximate surface area is 88.1 Å². The molecule has 1 rings (SSSR count). The predicted molar refractivity (Wildman–Crippen MR) is 60.2 cm³/mol. The molecule has 1 fully saturated rings. The van der Waals surface area contributed by atoms with Crippen LogP contribution < -0.4 is 5.32 Å². The van der Waals surface area contributed by atoms with Crippen LogP contribution in [0.5, 0.6) is 0 Å². The molecule has 0 aromatic rings. The Kier molecular flexibility index (Phi) is 4.90. The molecule has 0 aromatic carbocycles. The Balaban J connectivity index is 2.45. The van der Waals surface area contributed by atoms with Gasteiger partial charge in [0.15, 0.2) is 0 Å². The Bertz CT molecular complexity index is 158. The van der Waals surface area contributed by atoms with E-state index in [1.165, 1.54) is 19.3 Å². The van der Waals surface area contributed by atoms with E-state index in [2.05, 4.69) is 26.1 Å². The molecule has 84 valence electrons. The van der Waals surface area contributed by atoms with Gasteiger partial charge in [0.25, 0.3) is 0 Å². The van der Waals surface area contributed by atoms with Crippen LogP contribution in [0.2, 0.25) is 0 Å². The molecule has 0 spiro atoms. The van der Waals surface area contributed by atoms with Crippen LogP contribution in [0, 0.1) is 17.8 Å². The molecule has 0 radical (unpaired) electrons. The Morgan fingerprint density at radius 1 is 1.36 bits per heavy atom. The van der Waals surface area contributed by atoms with Crippen molar-refractivity contribution in [2.24, 2.45) is 17.8 Å². The van der Waals surface area contributed by atoms with Crippen LogP contribution in [0.25, 0.3) is 0 Å². The van der Waals surface area contributed by atoms with Crippen molar-refractivity contribution < 1.29 is 5.11 Å². The Morgan fingerprint density at radius 3 is 2.64 bits per heavy atom. The normalized spacial score (nSPS) is 33.6. The summed E-state index contributed by atoms with van der Waals surface area (Å²) in [5, 5.41) is 12.3. The molecule has 1 aliphatic rings. The first-order valence-electron chi connectivity index (χ1n) is 5.99. The van der Waals surface area contributed by atoms with Gasteiger partial charge in [-0.25, -0.2) is 0 Å². The second-order valence-corrected chi connectivity index (χ2v) is 5.11. The summed E-state index contributed by atoms with van der Waals surface area (Å²) in [5.74, 6) is 2.41. The summed E-state index contributed by atoms with van der Waals surface area (Å²) >= 11 is 0. The number of nitrogens with one attached hydrogen (secondary N) is 1. The molecule has 0 aromatic heterocycles. The van der Waals surface area contributed by atoms with Crippen LogP contribution in [0.4, 0.5) is 0 Å². The predicted octanol–water partition coefficient (Wildman–Crippen LogP) is 2.03. The van der Waals surface area contributed by atoms with Crippen molar-refractivity contribution in [3.8, 4) is 0 Å². The zero-order chi connectivity index (χ0) is 10.6. The maximum Gasteiger partial charge on any atom is 0.0556 e. The van der Waals surface area contributed by atoms with Crippen LogP contribution in [0.1, 0.15) is 40.0 Å². The lowest BCUT2D eigenvalue weighted by molar-refractivity contribution is 0.161. The molecule has 2 N–H and O–H groups in total. The van der Waals surface area contributed by atoms with Gasteiger partial charge in [-0.05, 0) is 30.6 Å². The molecule has 0 unspecified atom stereocenters. The summed E-state index contributed by atoms with van der Waals surface area (Å²) in [6, 6.07) is 0.630. The number of hydrogen-bond acceptors (Lipinski definition) is 2. The third-order valence-corrected chi connectivity index (χ3v) is 3.54. The van der Waals surface area contributed by atoms with Gasteiger partial charge in [-0.15, -0.1) is 0 Å². The van der Waals surface area contributed by atoms with Crippen LogP contribution in [0.15, 0.2) is 0 Å². The first kappa shape index (κ1) is 12.0. The first-order chi connectivity index (χ1) is 6.65. The molecule has 0 saturated heterocycles. The van der Waals surface area contributed by atoms with Crippen molar-refractivity contribution in [3.63, 3.8) is 0 Å². The average Bonchev–Trinajstić information content (AvgIpc) is 2.14. The number of aliphatic hydroxyl groups is 1. The van der Waals surface area contributed by atoms with Gasteiger partial charge in [0, 0.05) is 12.6 Å². The zero-order valence-corrected chi connectivity index (χ0v) is 9.79.